The summed E-state index contributed by atoms with van der Waals surface area (Å²) >= 11 is 0. The molecular weight excluding hydrogens is 256 g/mol. The van der Waals surface area contributed by atoms with Crippen LogP contribution >= 0.6 is 0 Å². The van der Waals surface area contributed by atoms with E-state index in [0.29, 0.717) is 26.2 Å². The van der Waals surface area contributed by atoms with Crippen LogP contribution in [0, 0.1) is 5.92 Å². The summed E-state index contributed by atoms with van der Waals surface area (Å²) in [5, 5.41) is 2.80. The Balaban J connectivity index is 1.76. The number of nitrogens with two attached hydrogens (primary N) is 1. The van der Waals surface area contributed by atoms with Crippen molar-refractivity contribution in [2.45, 2.75) is 32.2 Å². The Morgan fingerprint density at radius 1 is 1.20 bits per heavy atom. The van der Waals surface area contributed by atoms with Crippen LogP contribution in [0.25, 0.3) is 0 Å². The van der Waals surface area contributed by atoms with Gasteiger partial charge >= 0.3 is 0 Å². The van der Waals surface area contributed by atoms with Gasteiger partial charge in [0.05, 0.1) is 12.5 Å². The van der Waals surface area contributed by atoms with Gasteiger partial charge in [-0.2, -0.15) is 0 Å². The molecule has 1 aliphatic carbocycles. The average molecular weight is 282 g/mol. The summed E-state index contributed by atoms with van der Waals surface area (Å²) in [4.78, 5) is 27.9. The number of likely N-dealkylation sites (N-methyl/N-ethyl adjacent to an activating group) is 1. The van der Waals surface area contributed by atoms with Crippen LogP contribution in [0.4, 0.5) is 0 Å². The van der Waals surface area contributed by atoms with Crippen molar-refractivity contribution < 1.29 is 9.59 Å². The van der Waals surface area contributed by atoms with Crippen LogP contribution in [0.3, 0.4) is 0 Å². The molecule has 2 atom stereocenters. The number of amides is 2. The molecule has 2 rings (SSSR count). The predicted octanol–water partition coefficient (Wildman–Crippen LogP) is -0.606. The molecule has 0 aromatic carbocycles. The van der Waals surface area contributed by atoms with Crippen molar-refractivity contribution in [3.63, 3.8) is 0 Å². The first kappa shape index (κ1) is 15.3. The molecule has 0 bridgehead atoms. The zero-order chi connectivity index (χ0) is 14.5. The standard InChI is InChI=1S/C14H26N4O2/c1-2-16-13(19)10-17-6-8-18(9-7-17)14(20)11-4-3-5-12(11)15/h11-12H,2-10,15H2,1H3,(H,16,19). The second-order valence-electron chi connectivity index (χ2n) is 5.76. The molecule has 6 heteroatoms. The number of hydrogen-bond acceptors (Lipinski definition) is 4. The van der Waals surface area contributed by atoms with E-state index in [0.717, 1.165) is 32.4 Å². The SMILES string of the molecule is CCNC(=O)CN1CCN(C(=O)C2CCCC2N)CC1. The average Bonchev–Trinajstić information content (AvgIpc) is 2.85. The zero-order valence-corrected chi connectivity index (χ0v) is 12.3. The number of carbonyl (C=O) groups excluding carboxylic acids is 2. The number of nitrogens with zero attached hydrogens (tertiary/aromatic N) is 2. The maximum Gasteiger partial charge on any atom is 0.234 e. The molecule has 0 radical (unpaired) electrons. The van der Waals surface area contributed by atoms with Gasteiger partial charge < -0.3 is 16.0 Å². The van der Waals surface area contributed by atoms with Crippen LogP contribution in [0.15, 0.2) is 0 Å². The van der Waals surface area contributed by atoms with Crippen LogP contribution in [-0.2, 0) is 9.59 Å². The van der Waals surface area contributed by atoms with Crippen molar-refractivity contribution in [1.29, 1.82) is 0 Å². The molecule has 3 N–H and O–H groups in total. The third-order valence-corrected chi connectivity index (χ3v) is 4.31. The summed E-state index contributed by atoms with van der Waals surface area (Å²) in [5.74, 6) is 0.294. The lowest BCUT2D eigenvalue weighted by Gasteiger charge is -2.36. The van der Waals surface area contributed by atoms with Crippen LogP contribution in [0.2, 0.25) is 0 Å². The molecule has 114 valence electrons. The summed E-state index contributed by atoms with van der Waals surface area (Å²) in [6, 6.07) is 0.0378. The van der Waals surface area contributed by atoms with Gasteiger partial charge in [-0.1, -0.05) is 6.42 Å². The van der Waals surface area contributed by atoms with E-state index in [1.165, 1.54) is 0 Å². The van der Waals surface area contributed by atoms with E-state index in [2.05, 4.69) is 10.2 Å². The summed E-state index contributed by atoms with van der Waals surface area (Å²) in [6.07, 6.45) is 2.96. The highest BCUT2D eigenvalue weighted by Gasteiger charge is 2.34. The van der Waals surface area contributed by atoms with Crippen molar-refractivity contribution in [1.82, 2.24) is 15.1 Å². The largest absolute Gasteiger partial charge is 0.355 e. The van der Waals surface area contributed by atoms with E-state index in [1.807, 2.05) is 11.8 Å². The number of rotatable bonds is 4. The molecule has 2 fully saturated rings. The Bertz CT molecular complexity index is 353. The molecular formula is C14H26N4O2. The third-order valence-electron chi connectivity index (χ3n) is 4.31. The highest BCUT2D eigenvalue weighted by atomic mass is 16.2. The molecule has 20 heavy (non-hydrogen) atoms. The minimum absolute atomic E-state index is 0.0185. The lowest BCUT2D eigenvalue weighted by atomic mass is 10.0. The van der Waals surface area contributed by atoms with Crippen molar-refractivity contribution in [2.24, 2.45) is 11.7 Å². The topological polar surface area (TPSA) is 78.7 Å². The van der Waals surface area contributed by atoms with Crippen molar-refractivity contribution in [3.8, 4) is 0 Å². The van der Waals surface area contributed by atoms with E-state index >= 15 is 0 Å². The fraction of sp³-hybridized carbons (Fsp3) is 0.857. The Kier molecular flexibility index (Phi) is 5.37. The normalized spacial score (nSPS) is 27.6. The Morgan fingerprint density at radius 3 is 2.45 bits per heavy atom. The van der Waals surface area contributed by atoms with Gasteiger partial charge in [-0.15, -0.1) is 0 Å². The first-order chi connectivity index (χ1) is 9.61. The van der Waals surface area contributed by atoms with Gasteiger partial charge in [0.15, 0.2) is 0 Å². The fourth-order valence-electron chi connectivity index (χ4n) is 3.11. The maximum absolute atomic E-state index is 12.4. The second kappa shape index (κ2) is 7.04. The Labute approximate surface area is 120 Å². The smallest absolute Gasteiger partial charge is 0.234 e. The summed E-state index contributed by atoms with van der Waals surface area (Å²) in [6.45, 7) is 5.97. The Morgan fingerprint density at radius 2 is 1.90 bits per heavy atom. The Hall–Kier alpha value is -1.14. The number of piperazine rings is 1. The molecule has 2 aliphatic rings. The van der Waals surface area contributed by atoms with Gasteiger partial charge in [-0.05, 0) is 19.8 Å². The molecule has 1 saturated heterocycles. The molecule has 1 aliphatic heterocycles. The summed E-state index contributed by atoms with van der Waals surface area (Å²) in [5.41, 5.74) is 6.00. The molecule has 0 aromatic rings. The van der Waals surface area contributed by atoms with Gasteiger partial charge in [0.2, 0.25) is 11.8 Å². The molecule has 2 unspecified atom stereocenters. The van der Waals surface area contributed by atoms with Gasteiger partial charge in [-0.25, -0.2) is 0 Å². The van der Waals surface area contributed by atoms with Crippen molar-refractivity contribution in [3.05, 3.63) is 0 Å². The van der Waals surface area contributed by atoms with Crippen LogP contribution in [0.5, 0.6) is 0 Å². The highest BCUT2D eigenvalue weighted by Crippen LogP contribution is 2.26. The predicted molar refractivity (Wildman–Crippen MR) is 77.0 cm³/mol. The molecule has 1 saturated carbocycles. The van der Waals surface area contributed by atoms with Crippen LogP contribution in [-0.4, -0.2) is 66.9 Å². The molecule has 1 heterocycles. The summed E-state index contributed by atoms with van der Waals surface area (Å²) in [7, 11) is 0. The number of hydrogen-bond donors (Lipinski definition) is 2. The monoisotopic (exact) mass is 282 g/mol. The summed E-state index contributed by atoms with van der Waals surface area (Å²) < 4.78 is 0. The van der Waals surface area contributed by atoms with Crippen molar-refractivity contribution in [2.75, 3.05) is 39.3 Å². The zero-order valence-electron chi connectivity index (χ0n) is 12.3. The van der Waals surface area contributed by atoms with Gasteiger partial charge in [-0.3, -0.25) is 14.5 Å². The lowest BCUT2D eigenvalue weighted by molar-refractivity contribution is -0.137. The van der Waals surface area contributed by atoms with Gasteiger partial charge in [0.1, 0.15) is 0 Å². The minimum Gasteiger partial charge on any atom is -0.355 e. The second-order valence-corrected chi connectivity index (χ2v) is 5.76. The highest BCUT2D eigenvalue weighted by molar-refractivity contribution is 5.80. The molecule has 2 amide bonds. The van der Waals surface area contributed by atoms with E-state index < -0.39 is 0 Å². The minimum atomic E-state index is 0.0185. The van der Waals surface area contributed by atoms with Crippen LogP contribution < -0.4 is 11.1 Å². The van der Waals surface area contributed by atoms with E-state index in [1.54, 1.807) is 0 Å². The van der Waals surface area contributed by atoms with Gasteiger partial charge in [0, 0.05) is 38.8 Å². The lowest BCUT2D eigenvalue weighted by Crippen LogP contribution is -2.53. The quantitative estimate of drug-likeness (QED) is 0.721. The van der Waals surface area contributed by atoms with E-state index in [4.69, 9.17) is 5.73 Å². The van der Waals surface area contributed by atoms with E-state index in [-0.39, 0.29) is 23.8 Å². The molecule has 6 nitrogen and oxygen atoms in total. The first-order valence-electron chi connectivity index (χ1n) is 7.65. The first-order valence-corrected chi connectivity index (χ1v) is 7.65. The molecule has 0 aromatic heterocycles. The number of nitrogens with one attached hydrogen (secondary N) is 1. The maximum atomic E-state index is 12.4. The van der Waals surface area contributed by atoms with Gasteiger partial charge in [0.25, 0.3) is 0 Å². The molecule has 0 spiro atoms. The third kappa shape index (κ3) is 3.70. The fourth-order valence-corrected chi connectivity index (χ4v) is 3.11. The van der Waals surface area contributed by atoms with Crippen LogP contribution in [0.1, 0.15) is 26.2 Å². The number of carbonyl (C=O) groups is 2. The van der Waals surface area contributed by atoms with Crippen molar-refractivity contribution >= 4 is 11.8 Å². The van der Waals surface area contributed by atoms with E-state index in [9.17, 15) is 9.59 Å².